The molecule has 0 radical (unpaired) electrons. The first-order valence-electron chi connectivity index (χ1n) is 6.61. The monoisotopic (exact) mass is 254 g/mol. The summed E-state index contributed by atoms with van der Waals surface area (Å²) in [4.78, 5) is 9.30. The van der Waals surface area contributed by atoms with Gasteiger partial charge in [0.15, 0.2) is 0 Å². The Labute approximate surface area is 113 Å². The molecular weight excluding hydrogens is 236 g/mol. The number of benzene rings is 1. The summed E-state index contributed by atoms with van der Waals surface area (Å²) in [5, 5.41) is 0. The third kappa shape index (κ3) is 2.19. The molecule has 0 aliphatic heterocycles. The number of rotatable bonds is 3. The largest absolute Gasteiger partial charge is 0.308 e. The molecule has 2 unspecified atom stereocenters. The first kappa shape index (κ1) is 12.1. The minimum atomic E-state index is 0.482. The third-order valence-electron chi connectivity index (χ3n) is 3.79. The number of aromatic nitrogens is 2. The first-order chi connectivity index (χ1) is 9.20. The minimum Gasteiger partial charge on any atom is -0.308 e. The zero-order valence-corrected chi connectivity index (χ0v) is 11.2. The van der Waals surface area contributed by atoms with E-state index in [9.17, 15) is 0 Å². The summed E-state index contributed by atoms with van der Waals surface area (Å²) in [5.41, 5.74) is 5.76. The Balaban J connectivity index is 2.12. The molecule has 2 atom stereocenters. The Bertz CT molecular complexity index is 595. The summed E-state index contributed by atoms with van der Waals surface area (Å²) >= 11 is 0. The lowest BCUT2D eigenvalue weighted by atomic mass is 10.1. The molecule has 1 saturated carbocycles. The van der Waals surface area contributed by atoms with Gasteiger partial charge in [0.25, 0.3) is 0 Å². The van der Waals surface area contributed by atoms with Crippen LogP contribution in [0.15, 0.2) is 30.3 Å². The molecule has 0 bridgehead atoms. The van der Waals surface area contributed by atoms with Crippen molar-refractivity contribution in [3.05, 3.63) is 41.7 Å². The van der Waals surface area contributed by atoms with E-state index in [2.05, 4.69) is 29.5 Å². The molecule has 98 valence electrons. The van der Waals surface area contributed by atoms with Crippen LogP contribution in [0.4, 0.5) is 5.82 Å². The summed E-state index contributed by atoms with van der Waals surface area (Å²) < 4.78 is 0. The zero-order valence-electron chi connectivity index (χ0n) is 11.2. The van der Waals surface area contributed by atoms with E-state index in [0.717, 1.165) is 28.5 Å². The van der Waals surface area contributed by atoms with Gasteiger partial charge in [-0.15, -0.1) is 0 Å². The van der Waals surface area contributed by atoms with Crippen LogP contribution in [0.1, 0.15) is 30.7 Å². The molecule has 2 aromatic rings. The van der Waals surface area contributed by atoms with Crippen molar-refractivity contribution in [3.8, 4) is 11.3 Å². The van der Waals surface area contributed by atoms with E-state index in [1.54, 1.807) is 0 Å². The van der Waals surface area contributed by atoms with Crippen LogP contribution in [0.25, 0.3) is 11.3 Å². The lowest BCUT2D eigenvalue weighted by molar-refractivity contribution is 0.841. The number of hydrogen-bond acceptors (Lipinski definition) is 4. The van der Waals surface area contributed by atoms with Crippen LogP contribution < -0.4 is 11.3 Å². The Morgan fingerprint density at radius 3 is 2.47 bits per heavy atom. The molecule has 4 nitrogen and oxygen atoms in total. The Morgan fingerprint density at radius 2 is 1.89 bits per heavy atom. The van der Waals surface area contributed by atoms with Crippen LogP contribution in [-0.2, 0) is 0 Å². The predicted octanol–water partition coefficient (Wildman–Crippen LogP) is 2.86. The van der Waals surface area contributed by atoms with Gasteiger partial charge in [-0.25, -0.2) is 15.8 Å². The van der Waals surface area contributed by atoms with Gasteiger partial charge in [0.2, 0.25) is 0 Å². The van der Waals surface area contributed by atoms with Crippen molar-refractivity contribution in [2.75, 3.05) is 5.43 Å². The highest BCUT2D eigenvalue weighted by Gasteiger charge is 2.37. The average molecular weight is 254 g/mol. The smallest absolute Gasteiger partial charge is 0.147 e. The Kier molecular flexibility index (Phi) is 2.95. The quantitative estimate of drug-likeness (QED) is 0.653. The topological polar surface area (TPSA) is 63.8 Å². The molecule has 1 aliphatic carbocycles. The number of hydrogen-bond donors (Lipinski definition) is 2. The van der Waals surface area contributed by atoms with E-state index < -0.39 is 0 Å². The molecular formula is C15H18N4. The van der Waals surface area contributed by atoms with E-state index in [1.807, 2.05) is 25.1 Å². The van der Waals surface area contributed by atoms with Crippen molar-refractivity contribution in [2.24, 2.45) is 11.8 Å². The van der Waals surface area contributed by atoms with Gasteiger partial charge in [0, 0.05) is 17.0 Å². The van der Waals surface area contributed by atoms with Crippen molar-refractivity contribution in [2.45, 2.75) is 26.2 Å². The fourth-order valence-electron chi connectivity index (χ4n) is 2.40. The average Bonchev–Trinajstić information content (AvgIpc) is 3.17. The van der Waals surface area contributed by atoms with E-state index in [-0.39, 0.29) is 0 Å². The van der Waals surface area contributed by atoms with Crippen LogP contribution in [0.3, 0.4) is 0 Å². The van der Waals surface area contributed by atoms with Crippen molar-refractivity contribution in [1.29, 1.82) is 0 Å². The molecule has 19 heavy (non-hydrogen) atoms. The highest BCUT2D eigenvalue weighted by molar-refractivity contribution is 5.68. The maximum absolute atomic E-state index is 5.58. The standard InChI is InChI=1S/C15H18N4/c1-9-8-12(9)15-17-13(10(2)14(18-15)19-16)11-6-4-3-5-7-11/h3-7,9,12H,8,16H2,1-2H3,(H,17,18,19). The van der Waals surface area contributed by atoms with Crippen LogP contribution in [-0.4, -0.2) is 9.97 Å². The normalized spacial score (nSPS) is 21.2. The second-order valence-electron chi connectivity index (χ2n) is 5.23. The van der Waals surface area contributed by atoms with Gasteiger partial charge < -0.3 is 5.43 Å². The summed E-state index contributed by atoms with van der Waals surface area (Å²) in [5.74, 6) is 8.37. The lowest BCUT2D eigenvalue weighted by Crippen LogP contribution is -2.13. The van der Waals surface area contributed by atoms with Gasteiger partial charge in [0.1, 0.15) is 11.6 Å². The molecule has 1 fully saturated rings. The van der Waals surface area contributed by atoms with Crippen molar-refractivity contribution in [3.63, 3.8) is 0 Å². The highest BCUT2D eigenvalue weighted by atomic mass is 15.3. The van der Waals surface area contributed by atoms with Gasteiger partial charge in [-0.3, -0.25) is 0 Å². The van der Waals surface area contributed by atoms with Crippen molar-refractivity contribution >= 4 is 5.82 Å². The molecule has 3 rings (SSSR count). The van der Waals surface area contributed by atoms with Crippen LogP contribution in [0, 0.1) is 12.8 Å². The third-order valence-corrected chi connectivity index (χ3v) is 3.79. The number of nitrogens with zero attached hydrogens (tertiary/aromatic N) is 2. The van der Waals surface area contributed by atoms with E-state index in [1.165, 1.54) is 6.42 Å². The Hall–Kier alpha value is -1.94. The van der Waals surface area contributed by atoms with Crippen molar-refractivity contribution < 1.29 is 0 Å². The Morgan fingerprint density at radius 1 is 1.21 bits per heavy atom. The molecule has 4 heteroatoms. The molecule has 0 saturated heterocycles. The van der Waals surface area contributed by atoms with E-state index in [0.29, 0.717) is 11.8 Å². The number of nitrogen functional groups attached to an aromatic ring is 1. The first-order valence-corrected chi connectivity index (χ1v) is 6.61. The van der Waals surface area contributed by atoms with Crippen molar-refractivity contribution in [1.82, 2.24) is 9.97 Å². The molecule has 1 aromatic carbocycles. The SMILES string of the molecule is Cc1c(NN)nc(C2CC2C)nc1-c1ccccc1. The molecule has 1 aromatic heterocycles. The van der Waals surface area contributed by atoms with E-state index >= 15 is 0 Å². The summed E-state index contributed by atoms with van der Waals surface area (Å²) in [6.45, 7) is 4.23. The number of nitrogens with two attached hydrogens (primary N) is 1. The maximum atomic E-state index is 5.58. The predicted molar refractivity (Wildman–Crippen MR) is 76.5 cm³/mol. The molecule has 0 spiro atoms. The van der Waals surface area contributed by atoms with Gasteiger partial charge >= 0.3 is 0 Å². The van der Waals surface area contributed by atoms with Gasteiger partial charge in [0.05, 0.1) is 5.69 Å². The second kappa shape index (κ2) is 4.63. The fraction of sp³-hybridized carbons (Fsp3) is 0.333. The summed E-state index contributed by atoms with van der Waals surface area (Å²) in [6, 6.07) is 10.2. The molecule has 0 amide bonds. The number of nitrogens with one attached hydrogen (secondary N) is 1. The molecule has 3 N–H and O–H groups in total. The maximum Gasteiger partial charge on any atom is 0.147 e. The van der Waals surface area contributed by atoms with Gasteiger partial charge in [-0.1, -0.05) is 37.3 Å². The molecule has 1 heterocycles. The summed E-state index contributed by atoms with van der Waals surface area (Å²) in [6.07, 6.45) is 1.17. The minimum absolute atomic E-state index is 0.482. The lowest BCUT2D eigenvalue weighted by Gasteiger charge is -2.12. The highest BCUT2D eigenvalue weighted by Crippen LogP contribution is 2.46. The zero-order chi connectivity index (χ0) is 13.4. The van der Waals surface area contributed by atoms with Crippen LogP contribution >= 0.6 is 0 Å². The number of hydrazine groups is 1. The molecule has 1 aliphatic rings. The van der Waals surface area contributed by atoms with Gasteiger partial charge in [-0.05, 0) is 19.3 Å². The van der Waals surface area contributed by atoms with E-state index in [4.69, 9.17) is 10.8 Å². The van der Waals surface area contributed by atoms with Gasteiger partial charge in [-0.2, -0.15) is 0 Å². The second-order valence-corrected chi connectivity index (χ2v) is 5.23. The summed E-state index contributed by atoms with van der Waals surface area (Å²) in [7, 11) is 0. The van der Waals surface area contributed by atoms with Crippen LogP contribution in [0.2, 0.25) is 0 Å². The number of anilines is 1. The van der Waals surface area contributed by atoms with Crippen LogP contribution in [0.5, 0.6) is 0 Å². The fourth-order valence-corrected chi connectivity index (χ4v) is 2.40.